The van der Waals surface area contributed by atoms with Crippen LogP contribution in [0.2, 0.25) is 0 Å². The van der Waals surface area contributed by atoms with Gasteiger partial charge in [0.05, 0.1) is 0 Å². The van der Waals surface area contributed by atoms with Gasteiger partial charge in [-0.05, 0) is 57.6 Å². The number of ether oxygens (including phenoxy) is 1. The summed E-state index contributed by atoms with van der Waals surface area (Å²) in [5.41, 5.74) is 1.38. The molecule has 4 nitrogen and oxygen atoms in total. The van der Waals surface area contributed by atoms with Crippen molar-refractivity contribution >= 4 is 6.09 Å². The number of amides is 1. The van der Waals surface area contributed by atoms with Crippen molar-refractivity contribution in [3.63, 3.8) is 0 Å². The SMILES string of the molecule is CC(C)(C)OC(=O)N1CCC2(CCN(Cc3ccccc3)C2)CC1. The summed E-state index contributed by atoms with van der Waals surface area (Å²) in [5, 5.41) is 0. The fraction of sp³-hybridized carbons (Fsp3) is 0.650. The van der Waals surface area contributed by atoms with Crippen LogP contribution in [-0.2, 0) is 11.3 Å². The Balaban J connectivity index is 1.50. The van der Waals surface area contributed by atoms with E-state index in [0.717, 1.165) is 39.0 Å². The van der Waals surface area contributed by atoms with Crippen LogP contribution in [0.1, 0.15) is 45.6 Å². The van der Waals surface area contributed by atoms with Gasteiger partial charge in [-0.1, -0.05) is 30.3 Å². The quantitative estimate of drug-likeness (QED) is 0.824. The van der Waals surface area contributed by atoms with Crippen LogP contribution in [0.5, 0.6) is 0 Å². The van der Waals surface area contributed by atoms with E-state index in [2.05, 4.69) is 35.2 Å². The van der Waals surface area contributed by atoms with Crippen LogP contribution < -0.4 is 0 Å². The number of carbonyl (C=O) groups is 1. The molecule has 1 aromatic rings. The minimum atomic E-state index is -0.411. The molecule has 0 atom stereocenters. The van der Waals surface area contributed by atoms with Crippen LogP contribution in [0, 0.1) is 5.41 Å². The molecule has 0 N–H and O–H groups in total. The van der Waals surface area contributed by atoms with Crippen molar-refractivity contribution in [2.75, 3.05) is 26.2 Å². The maximum Gasteiger partial charge on any atom is 0.410 e. The van der Waals surface area contributed by atoms with E-state index in [1.54, 1.807) is 0 Å². The molecule has 3 rings (SSSR count). The number of benzene rings is 1. The lowest BCUT2D eigenvalue weighted by Crippen LogP contribution is -2.46. The third kappa shape index (κ3) is 4.29. The second-order valence-corrected chi connectivity index (χ2v) is 8.41. The highest BCUT2D eigenvalue weighted by Crippen LogP contribution is 2.41. The highest BCUT2D eigenvalue weighted by atomic mass is 16.6. The smallest absolute Gasteiger partial charge is 0.410 e. The molecular formula is C20H30N2O2. The maximum atomic E-state index is 12.2. The van der Waals surface area contributed by atoms with E-state index >= 15 is 0 Å². The average molecular weight is 330 g/mol. The molecule has 2 aliphatic heterocycles. The van der Waals surface area contributed by atoms with Gasteiger partial charge < -0.3 is 9.64 Å². The van der Waals surface area contributed by atoms with Crippen LogP contribution in [0.4, 0.5) is 4.79 Å². The van der Waals surface area contributed by atoms with Gasteiger partial charge in [-0.3, -0.25) is 4.90 Å². The molecule has 4 heteroatoms. The van der Waals surface area contributed by atoms with Crippen LogP contribution >= 0.6 is 0 Å². The molecule has 2 aliphatic rings. The van der Waals surface area contributed by atoms with Gasteiger partial charge in [-0.25, -0.2) is 4.79 Å². The van der Waals surface area contributed by atoms with E-state index in [0.29, 0.717) is 5.41 Å². The number of hydrogen-bond donors (Lipinski definition) is 0. The van der Waals surface area contributed by atoms with Crippen molar-refractivity contribution in [3.05, 3.63) is 35.9 Å². The first-order valence-corrected chi connectivity index (χ1v) is 9.10. The van der Waals surface area contributed by atoms with Crippen molar-refractivity contribution in [3.8, 4) is 0 Å². The third-order valence-corrected chi connectivity index (χ3v) is 5.24. The zero-order chi connectivity index (χ0) is 17.2. The zero-order valence-electron chi connectivity index (χ0n) is 15.3. The Hall–Kier alpha value is -1.55. The molecule has 0 aromatic heterocycles. The molecule has 2 saturated heterocycles. The monoisotopic (exact) mass is 330 g/mol. The second kappa shape index (κ2) is 6.75. The van der Waals surface area contributed by atoms with E-state index in [4.69, 9.17) is 4.74 Å². The molecule has 0 aliphatic carbocycles. The molecule has 1 aromatic carbocycles. The normalized spacial score (nSPS) is 21.2. The summed E-state index contributed by atoms with van der Waals surface area (Å²) < 4.78 is 5.50. The van der Waals surface area contributed by atoms with Gasteiger partial charge in [0.15, 0.2) is 0 Å². The number of nitrogens with zero attached hydrogens (tertiary/aromatic N) is 2. The van der Waals surface area contributed by atoms with Crippen molar-refractivity contribution in [2.45, 2.75) is 52.2 Å². The van der Waals surface area contributed by atoms with Crippen molar-refractivity contribution < 1.29 is 9.53 Å². The maximum absolute atomic E-state index is 12.2. The number of rotatable bonds is 2. The molecule has 2 fully saturated rings. The predicted molar refractivity (Wildman–Crippen MR) is 95.8 cm³/mol. The van der Waals surface area contributed by atoms with E-state index < -0.39 is 5.60 Å². The Labute approximate surface area is 145 Å². The number of hydrogen-bond acceptors (Lipinski definition) is 3. The zero-order valence-corrected chi connectivity index (χ0v) is 15.3. The summed E-state index contributed by atoms with van der Waals surface area (Å²) in [7, 11) is 0. The predicted octanol–water partition coefficient (Wildman–Crippen LogP) is 3.91. The molecule has 2 heterocycles. The molecule has 24 heavy (non-hydrogen) atoms. The molecular weight excluding hydrogens is 300 g/mol. The van der Waals surface area contributed by atoms with Crippen molar-refractivity contribution in [1.29, 1.82) is 0 Å². The first-order valence-electron chi connectivity index (χ1n) is 9.10. The molecule has 1 amide bonds. The van der Waals surface area contributed by atoms with Crippen LogP contribution in [0.15, 0.2) is 30.3 Å². The Morgan fingerprint density at radius 3 is 2.33 bits per heavy atom. The third-order valence-electron chi connectivity index (χ3n) is 5.24. The summed E-state index contributed by atoms with van der Waals surface area (Å²) in [4.78, 5) is 16.7. The topological polar surface area (TPSA) is 32.8 Å². The van der Waals surface area contributed by atoms with Gasteiger partial charge in [0.1, 0.15) is 5.60 Å². The fourth-order valence-corrected chi connectivity index (χ4v) is 3.90. The minimum Gasteiger partial charge on any atom is -0.444 e. The standard InChI is InChI=1S/C20H30N2O2/c1-19(2,3)24-18(23)22-13-10-20(11-14-22)9-12-21(16-20)15-17-7-5-4-6-8-17/h4-8H,9-16H2,1-3H3. The number of carbonyl (C=O) groups excluding carboxylic acids is 1. The molecule has 1 spiro atoms. The van der Waals surface area contributed by atoms with Gasteiger partial charge in [-0.15, -0.1) is 0 Å². The van der Waals surface area contributed by atoms with E-state index in [1.807, 2.05) is 25.7 Å². The molecule has 0 radical (unpaired) electrons. The summed E-state index contributed by atoms with van der Waals surface area (Å²) in [6, 6.07) is 10.7. The van der Waals surface area contributed by atoms with E-state index in [1.165, 1.54) is 18.5 Å². The number of piperidine rings is 1. The first kappa shape index (κ1) is 17.3. The van der Waals surface area contributed by atoms with Gasteiger partial charge in [0.2, 0.25) is 0 Å². The van der Waals surface area contributed by atoms with E-state index in [9.17, 15) is 4.79 Å². The number of likely N-dealkylation sites (tertiary alicyclic amines) is 2. The minimum absolute atomic E-state index is 0.156. The lowest BCUT2D eigenvalue weighted by Gasteiger charge is -2.39. The van der Waals surface area contributed by atoms with Gasteiger partial charge in [0, 0.05) is 26.2 Å². The van der Waals surface area contributed by atoms with Crippen LogP contribution in [-0.4, -0.2) is 47.7 Å². The molecule has 132 valence electrons. The molecule has 0 saturated carbocycles. The lowest BCUT2D eigenvalue weighted by molar-refractivity contribution is 0.0109. The Morgan fingerprint density at radius 1 is 1.08 bits per heavy atom. The highest BCUT2D eigenvalue weighted by molar-refractivity contribution is 5.68. The largest absolute Gasteiger partial charge is 0.444 e. The Kier molecular flexibility index (Phi) is 4.86. The lowest BCUT2D eigenvalue weighted by atomic mass is 9.78. The van der Waals surface area contributed by atoms with Gasteiger partial charge in [0.25, 0.3) is 0 Å². The Morgan fingerprint density at radius 2 is 1.71 bits per heavy atom. The van der Waals surface area contributed by atoms with E-state index in [-0.39, 0.29) is 6.09 Å². The van der Waals surface area contributed by atoms with Crippen LogP contribution in [0.3, 0.4) is 0 Å². The Bertz CT molecular complexity index is 557. The second-order valence-electron chi connectivity index (χ2n) is 8.41. The van der Waals surface area contributed by atoms with Crippen LogP contribution in [0.25, 0.3) is 0 Å². The highest BCUT2D eigenvalue weighted by Gasteiger charge is 2.41. The molecule has 0 bridgehead atoms. The van der Waals surface area contributed by atoms with Crippen molar-refractivity contribution in [1.82, 2.24) is 9.80 Å². The summed E-state index contributed by atoms with van der Waals surface area (Å²) >= 11 is 0. The summed E-state index contributed by atoms with van der Waals surface area (Å²) in [6.45, 7) is 10.8. The van der Waals surface area contributed by atoms with Gasteiger partial charge >= 0.3 is 6.09 Å². The van der Waals surface area contributed by atoms with Crippen molar-refractivity contribution in [2.24, 2.45) is 5.41 Å². The average Bonchev–Trinajstić information content (AvgIpc) is 2.90. The van der Waals surface area contributed by atoms with Gasteiger partial charge in [-0.2, -0.15) is 0 Å². The fourth-order valence-electron chi connectivity index (χ4n) is 3.90. The first-order chi connectivity index (χ1) is 11.4. The molecule has 0 unspecified atom stereocenters. The summed E-state index contributed by atoms with van der Waals surface area (Å²) in [6.07, 6.45) is 3.29. The summed E-state index contributed by atoms with van der Waals surface area (Å²) in [5.74, 6) is 0.